The van der Waals surface area contributed by atoms with Crippen LogP contribution in [0.5, 0.6) is 0 Å². The van der Waals surface area contributed by atoms with E-state index in [1.165, 1.54) is 6.42 Å². The Morgan fingerprint density at radius 2 is 2.29 bits per heavy atom. The Bertz CT molecular complexity index is 198. The molecule has 4 nitrogen and oxygen atoms in total. The Labute approximate surface area is 84.4 Å². The number of rotatable bonds is 4. The molecule has 80 valence electrons. The van der Waals surface area contributed by atoms with Gasteiger partial charge < -0.3 is 15.4 Å². The van der Waals surface area contributed by atoms with Crippen LogP contribution in [-0.4, -0.2) is 31.8 Å². The SMILES string of the molecule is O=C(NC1CC1)OCCC1CCNC1. The molecule has 14 heavy (non-hydrogen) atoms. The maximum absolute atomic E-state index is 11.1. The van der Waals surface area contributed by atoms with Gasteiger partial charge in [0.05, 0.1) is 6.61 Å². The van der Waals surface area contributed by atoms with Crippen LogP contribution in [0.15, 0.2) is 0 Å². The summed E-state index contributed by atoms with van der Waals surface area (Å²) in [6, 6.07) is 0.399. The maximum Gasteiger partial charge on any atom is 0.407 e. The average molecular weight is 198 g/mol. The van der Waals surface area contributed by atoms with Gasteiger partial charge in [-0.05, 0) is 44.7 Å². The number of ether oxygens (including phenoxy) is 1. The lowest BCUT2D eigenvalue weighted by atomic mass is 10.1. The quantitative estimate of drug-likeness (QED) is 0.705. The molecule has 1 aliphatic carbocycles. The van der Waals surface area contributed by atoms with Crippen molar-refractivity contribution >= 4 is 6.09 Å². The Kier molecular flexibility index (Phi) is 3.24. The van der Waals surface area contributed by atoms with Gasteiger partial charge in [0.15, 0.2) is 0 Å². The molecule has 1 unspecified atom stereocenters. The van der Waals surface area contributed by atoms with E-state index in [4.69, 9.17) is 4.74 Å². The molecule has 0 aromatic rings. The number of hydrogen-bond acceptors (Lipinski definition) is 3. The summed E-state index contributed by atoms with van der Waals surface area (Å²) in [6.45, 7) is 2.75. The molecule has 0 aromatic heterocycles. The smallest absolute Gasteiger partial charge is 0.407 e. The molecule has 2 aliphatic rings. The van der Waals surface area contributed by atoms with Crippen molar-refractivity contribution in [2.24, 2.45) is 5.92 Å². The first-order chi connectivity index (χ1) is 6.84. The van der Waals surface area contributed by atoms with Crippen molar-refractivity contribution in [3.63, 3.8) is 0 Å². The molecular weight excluding hydrogens is 180 g/mol. The van der Waals surface area contributed by atoms with Gasteiger partial charge in [0, 0.05) is 6.04 Å². The molecule has 0 bridgehead atoms. The molecule has 4 heteroatoms. The largest absolute Gasteiger partial charge is 0.450 e. The molecular formula is C10H18N2O2. The number of nitrogens with one attached hydrogen (secondary N) is 2. The first-order valence-corrected chi connectivity index (χ1v) is 5.48. The second-order valence-corrected chi connectivity index (χ2v) is 4.20. The fraction of sp³-hybridized carbons (Fsp3) is 0.900. The van der Waals surface area contributed by atoms with Crippen LogP contribution in [-0.2, 0) is 4.74 Å². The highest BCUT2D eigenvalue weighted by atomic mass is 16.5. The van der Waals surface area contributed by atoms with Gasteiger partial charge in [-0.15, -0.1) is 0 Å². The van der Waals surface area contributed by atoms with Crippen LogP contribution in [0, 0.1) is 5.92 Å². The van der Waals surface area contributed by atoms with Gasteiger partial charge in [0.1, 0.15) is 0 Å². The molecule has 0 spiro atoms. The zero-order valence-electron chi connectivity index (χ0n) is 8.42. The second-order valence-electron chi connectivity index (χ2n) is 4.20. The topological polar surface area (TPSA) is 50.4 Å². The van der Waals surface area contributed by atoms with E-state index in [1.807, 2.05) is 0 Å². The Morgan fingerprint density at radius 3 is 2.93 bits per heavy atom. The van der Waals surface area contributed by atoms with E-state index in [1.54, 1.807) is 0 Å². The minimum atomic E-state index is -0.238. The fourth-order valence-electron chi connectivity index (χ4n) is 1.72. The van der Waals surface area contributed by atoms with Crippen molar-refractivity contribution < 1.29 is 9.53 Å². The van der Waals surface area contributed by atoms with Crippen molar-refractivity contribution in [3.05, 3.63) is 0 Å². The first kappa shape index (κ1) is 9.77. The summed E-state index contributed by atoms with van der Waals surface area (Å²) in [5, 5.41) is 6.10. The van der Waals surface area contributed by atoms with E-state index >= 15 is 0 Å². The molecule has 1 aliphatic heterocycles. The highest BCUT2D eigenvalue weighted by molar-refractivity contribution is 5.67. The van der Waals surface area contributed by atoms with Crippen molar-refractivity contribution in [1.82, 2.24) is 10.6 Å². The fourth-order valence-corrected chi connectivity index (χ4v) is 1.72. The van der Waals surface area contributed by atoms with E-state index in [9.17, 15) is 4.79 Å². The van der Waals surface area contributed by atoms with Gasteiger partial charge in [-0.1, -0.05) is 0 Å². The Hall–Kier alpha value is -0.770. The normalized spacial score (nSPS) is 26.1. The summed E-state index contributed by atoms with van der Waals surface area (Å²) in [5.41, 5.74) is 0. The summed E-state index contributed by atoms with van der Waals surface area (Å²) < 4.78 is 5.08. The molecule has 2 N–H and O–H groups in total. The predicted molar refractivity (Wildman–Crippen MR) is 53.1 cm³/mol. The Morgan fingerprint density at radius 1 is 1.43 bits per heavy atom. The van der Waals surface area contributed by atoms with E-state index in [0.29, 0.717) is 18.6 Å². The lowest BCUT2D eigenvalue weighted by molar-refractivity contribution is 0.139. The molecule has 1 heterocycles. The van der Waals surface area contributed by atoms with E-state index in [0.717, 1.165) is 32.4 Å². The summed E-state index contributed by atoms with van der Waals surface area (Å²) in [4.78, 5) is 11.1. The molecule has 1 saturated carbocycles. The van der Waals surface area contributed by atoms with Gasteiger partial charge in [-0.2, -0.15) is 0 Å². The molecule has 2 fully saturated rings. The van der Waals surface area contributed by atoms with Crippen molar-refractivity contribution in [3.8, 4) is 0 Å². The standard InChI is InChI=1S/C10H18N2O2/c13-10(12-9-1-2-9)14-6-4-8-3-5-11-7-8/h8-9,11H,1-7H2,(H,12,13). The van der Waals surface area contributed by atoms with Crippen LogP contribution >= 0.6 is 0 Å². The lowest BCUT2D eigenvalue weighted by Crippen LogP contribution is -2.27. The minimum absolute atomic E-state index is 0.238. The number of amides is 1. The number of hydrogen-bond donors (Lipinski definition) is 2. The van der Waals surface area contributed by atoms with Gasteiger partial charge in [0.25, 0.3) is 0 Å². The van der Waals surface area contributed by atoms with Crippen molar-refractivity contribution in [2.45, 2.75) is 31.7 Å². The second kappa shape index (κ2) is 4.64. The summed E-state index contributed by atoms with van der Waals surface area (Å²) in [6.07, 6.45) is 4.19. The number of carbonyl (C=O) groups is 1. The average Bonchev–Trinajstić information content (AvgIpc) is 2.82. The van der Waals surface area contributed by atoms with Gasteiger partial charge in [-0.3, -0.25) is 0 Å². The number of carbonyl (C=O) groups excluding carboxylic acids is 1. The zero-order valence-corrected chi connectivity index (χ0v) is 8.42. The molecule has 1 amide bonds. The molecule has 1 atom stereocenters. The monoisotopic (exact) mass is 198 g/mol. The number of alkyl carbamates (subject to hydrolysis) is 1. The molecule has 0 radical (unpaired) electrons. The Balaban J connectivity index is 1.50. The van der Waals surface area contributed by atoms with Crippen LogP contribution < -0.4 is 10.6 Å². The lowest BCUT2D eigenvalue weighted by Gasteiger charge is -2.09. The van der Waals surface area contributed by atoms with Gasteiger partial charge >= 0.3 is 6.09 Å². The van der Waals surface area contributed by atoms with E-state index < -0.39 is 0 Å². The van der Waals surface area contributed by atoms with Crippen LogP contribution in [0.3, 0.4) is 0 Å². The van der Waals surface area contributed by atoms with E-state index in [-0.39, 0.29) is 6.09 Å². The van der Waals surface area contributed by atoms with Crippen LogP contribution in [0.2, 0.25) is 0 Å². The van der Waals surface area contributed by atoms with Crippen LogP contribution in [0.1, 0.15) is 25.7 Å². The maximum atomic E-state index is 11.1. The van der Waals surface area contributed by atoms with Crippen LogP contribution in [0.4, 0.5) is 4.79 Å². The van der Waals surface area contributed by atoms with Crippen molar-refractivity contribution in [2.75, 3.05) is 19.7 Å². The third-order valence-electron chi connectivity index (χ3n) is 2.82. The first-order valence-electron chi connectivity index (χ1n) is 5.48. The van der Waals surface area contributed by atoms with Gasteiger partial charge in [-0.25, -0.2) is 4.79 Å². The summed E-state index contributed by atoms with van der Waals surface area (Å²) in [7, 11) is 0. The summed E-state index contributed by atoms with van der Waals surface area (Å²) >= 11 is 0. The molecule has 1 saturated heterocycles. The third kappa shape index (κ3) is 3.18. The molecule has 2 rings (SSSR count). The van der Waals surface area contributed by atoms with E-state index in [2.05, 4.69) is 10.6 Å². The van der Waals surface area contributed by atoms with Crippen molar-refractivity contribution in [1.29, 1.82) is 0 Å². The predicted octanol–water partition coefficient (Wildman–Crippen LogP) is 0.875. The minimum Gasteiger partial charge on any atom is -0.450 e. The van der Waals surface area contributed by atoms with Gasteiger partial charge in [0.2, 0.25) is 0 Å². The third-order valence-corrected chi connectivity index (χ3v) is 2.82. The molecule has 0 aromatic carbocycles. The summed E-state index contributed by atoms with van der Waals surface area (Å²) in [5.74, 6) is 0.698. The highest BCUT2D eigenvalue weighted by Gasteiger charge is 2.24. The van der Waals surface area contributed by atoms with Crippen LogP contribution in [0.25, 0.3) is 0 Å². The highest BCUT2D eigenvalue weighted by Crippen LogP contribution is 2.18. The zero-order chi connectivity index (χ0) is 9.80.